The van der Waals surface area contributed by atoms with Gasteiger partial charge in [0.05, 0.1) is 6.54 Å². The zero-order chi connectivity index (χ0) is 12.1. The van der Waals surface area contributed by atoms with Crippen LogP contribution in [0, 0.1) is 0 Å². The molecule has 0 fully saturated rings. The molecule has 0 saturated carbocycles. The summed E-state index contributed by atoms with van der Waals surface area (Å²) in [6.07, 6.45) is 0. The van der Waals surface area contributed by atoms with Crippen LogP contribution >= 0.6 is 0 Å². The molecule has 0 saturated heterocycles. The second-order valence-electron chi connectivity index (χ2n) is 4.01. The fourth-order valence-electron chi connectivity index (χ4n) is 1.26. The molecule has 0 bridgehead atoms. The molecule has 0 heterocycles. The van der Waals surface area contributed by atoms with Crippen LogP contribution in [0.2, 0.25) is 0 Å². The number of benzene rings is 1. The molecule has 0 spiro atoms. The zero-order valence-corrected chi connectivity index (χ0v) is 9.90. The lowest BCUT2D eigenvalue weighted by atomic mass is 10.2. The number of phenols is 1. The van der Waals surface area contributed by atoms with E-state index in [0.717, 1.165) is 0 Å². The van der Waals surface area contributed by atoms with E-state index in [1.165, 1.54) is 4.90 Å². The highest BCUT2D eigenvalue weighted by molar-refractivity contribution is 5.94. The number of phenolic OH excluding ortho intramolecular Hbond substituents is 1. The topological polar surface area (TPSA) is 52.6 Å². The van der Waals surface area contributed by atoms with Gasteiger partial charge in [0.1, 0.15) is 5.75 Å². The number of rotatable bonds is 4. The lowest BCUT2D eigenvalue weighted by Crippen LogP contribution is -2.38. The van der Waals surface area contributed by atoms with Gasteiger partial charge in [-0.05, 0) is 12.1 Å². The number of carbonyl (C=O) groups excluding carboxylic acids is 1. The standard InChI is InChI=1S/C12H18N2O2/c1-9(2)13-8-12(16)14(3)10-5-4-6-11(15)7-10/h4-7,9,13,15H,8H2,1-3H3. The van der Waals surface area contributed by atoms with Crippen LogP contribution in [-0.4, -0.2) is 30.6 Å². The second kappa shape index (κ2) is 5.51. The molecule has 0 atom stereocenters. The smallest absolute Gasteiger partial charge is 0.240 e. The van der Waals surface area contributed by atoms with Gasteiger partial charge < -0.3 is 15.3 Å². The minimum Gasteiger partial charge on any atom is -0.508 e. The lowest BCUT2D eigenvalue weighted by molar-refractivity contribution is -0.117. The monoisotopic (exact) mass is 222 g/mol. The van der Waals surface area contributed by atoms with E-state index in [9.17, 15) is 9.90 Å². The number of carbonyl (C=O) groups is 1. The first kappa shape index (κ1) is 12.5. The van der Waals surface area contributed by atoms with Crippen molar-refractivity contribution in [2.24, 2.45) is 0 Å². The van der Waals surface area contributed by atoms with Crippen LogP contribution < -0.4 is 10.2 Å². The van der Waals surface area contributed by atoms with Crippen LogP contribution in [-0.2, 0) is 4.79 Å². The highest BCUT2D eigenvalue weighted by Gasteiger charge is 2.11. The summed E-state index contributed by atoms with van der Waals surface area (Å²) in [6.45, 7) is 4.27. The molecular formula is C12H18N2O2. The molecule has 4 heteroatoms. The molecule has 0 radical (unpaired) electrons. The number of nitrogens with one attached hydrogen (secondary N) is 1. The van der Waals surface area contributed by atoms with E-state index in [1.807, 2.05) is 13.8 Å². The number of hydrogen-bond donors (Lipinski definition) is 2. The number of amides is 1. The molecule has 1 amide bonds. The maximum Gasteiger partial charge on any atom is 0.240 e. The summed E-state index contributed by atoms with van der Waals surface area (Å²) < 4.78 is 0. The Bertz CT molecular complexity index is 364. The van der Waals surface area contributed by atoms with Crippen molar-refractivity contribution < 1.29 is 9.90 Å². The summed E-state index contributed by atoms with van der Waals surface area (Å²) in [5.41, 5.74) is 0.690. The Balaban J connectivity index is 2.63. The minimum atomic E-state index is -0.0284. The maximum atomic E-state index is 11.7. The van der Waals surface area contributed by atoms with Crippen LogP contribution in [0.25, 0.3) is 0 Å². The Labute approximate surface area is 95.9 Å². The predicted molar refractivity (Wildman–Crippen MR) is 64.7 cm³/mol. The normalized spacial score (nSPS) is 10.5. The van der Waals surface area contributed by atoms with E-state index in [1.54, 1.807) is 31.3 Å². The summed E-state index contributed by atoms with van der Waals surface area (Å²) in [4.78, 5) is 13.3. The molecule has 2 N–H and O–H groups in total. The molecule has 4 nitrogen and oxygen atoms in total. The molecule has 88 valence electrons. The van der Waals surface area contributed by atoms with Gasteiger partial charge in [0.2, 0.25) is 5.91 Å². The second-order valence-corrected chi connectivity index (χ2v) is 4.01. The minimum absolute atomic E-state index is 0.0284. The van der Waals surface area contributed by atoms with Crippen molar-refractivity contribution in [3.63, 3.8) is 0 Å². The highest BCUT2D eigenvalue weighted by atomic mass is 16.3. The van der Waals surface area contributed by atoms with Crippen LogP contribution in [0.3, 0.4) is 0 Å². The van der Waals surface area contributed by atoms with E-state index in [2.05, 4.69) is 5.32 Å². The number of hydrogen-bond acceptors (Lipinski definition) is 3. The molecule has 0 aliphatic heterocycles. The van der Waals surface area contributed by atoms with Gasteiger partial charge in [-0.15, -0.1) is 0 Å². The summed E-state index contributed by atoms with van der Waals surface area (Å²) in [7, 11) is 1.69. The van der Waals surface area contributed by atoms with Crippen molar-refractivity contribution in [3.8, 4) is 5.75 Å². The van der Waals surface area contributed by atoms with Crippen LogP contribution in [0.4, 0.5) is 5.69 Å². The third kappa shape index (κ3) is 3.55. The van der Waals surface area contributed by atoms with Gasteiger partial charge in [0, 0.05) is 24.8 Å². The Morgan fingerprint density at radius 2 is 2.19 bits per heavy atom. The Hall–Kier alpha value is -1.55. The fourth-order valence-corrected chi connectivity index (χ4v) is 1.26. The van der Waals surface area contributed by atoms with Crippen molar-refractivity contribution in [1.29, 1.82) is 0 Å². The fraction of sp³-hybridized carbons (Fsp3) is 0.417. The van der Waals surface area contributed by atoms with Gasteiger partial charge in [-0.2, -0.15) is 0 Å². The van der Waals surface area contributed by atoms with E-state index in [-0.39, 0.29) is 17.7 Å². The zero-order valence-electron chi connectivity index (χ0n) is 9.90. The van der Waals surface area contributed by atoms with Crippen LogP contribution in [0.1, 0.15) is 13.8 Å². The van der Waals surface area contributed by atoms with E-state index < -0.39 is 0 Å². The average molecular weight is 222 g/mol. The Kier molecular flexibility index (Phi) is 4.31. The summed E-state index contributed by atoms with van der Waals surface area (Å²) >= 11 is 0. The number of aromatic hydroxyl groups is 1. The third-order valence-electron chi connectivity index (χ3n) is 2.25. The van der Waals surface area contributed by atoms with Gasteiger partial charge in [-0.25, -0.2) is 0 Å². The van der Waals surface area contributed by atoms with Crippen molar-refractivity contribution in [1.82, 2.24) is 5.32 Å². The van der Waals surface area contributed by atoms with E-state index in [0.29, 0.717) is 12.2 Å². The number of likely N-dealkylation sites (N-methyl/N-ethyl adjacent to an activating group) is 1. The number of anilines is 1. The van der Waals surface area contributed by atoms with Gasteiger partial charge in [-0.3, -0.25) is 4.79 Å². The van der Waals surface area contributed by atoms with Gasteiger partial charge in [0.15, 0.2) is 0 Å². The Morgan fingerprint density at radius 1 is 1.50 bits per heavy atom. The first-order chi connectivity index (χ1) is 7.50. The lowest BCUT2D eigenvalue weighted by Gasteiger charge is -2.18. The summed E-state index contributed by atoms with van der Waals surface area (Å²) in [6, 6.07) is 6.92. The predicted octanol–water partition coefficient (Wildman–Crippen LogP) is 1.35. The quantitative estimate of drug-likeness (QED) is 0.808. The molecule has 0 aliphatic carbocycles. The summed E-state index contributed by atoms with van der Waals surface area (Å²) in [5, 5.41) is 12.4. The summed E-state index contributed by atoms with van der Waals surface area (Å²) in [5.74, 6) is 0.133. The first-order valence-electron chi connectivity index (χ1n) is 5.29. The van der Waals surface area contributed by atoms with Crippen molar-refractivity contribution >= 4 is 11.6 Å². The Morgan fingerprint density at radius 3 is 2.75 bits per heavy atom. The van der Waals surface area contributed by atoms with E-state index in [4.69, 9.17) is 0 Å². The van der Waals surface area contributed by atoms with Crippen molar-refractivity contribution in [3.05, 3.63) is 24.3 Å². The van der Waals surface area contributed by atoms with Gasteiger partial charge in [0.25, 0.3) is 0 Å². The molecule has 0 unspecified atom stereocenters. The highest BCUT2D eigenvalue weighted by Crippen LogP contribution is 2.18. The maximum absolute atomic E-state index is 11.7. The molecule has 16 heavy (non-hydrogen) atoms. The largest absolute Gasteiger partial charge is 0.508 e. The average Bonchev–Trinajstić information content (AvgIpc) is 2.24. The molecule has 0 aliphatic rings. The molecule has 1 rings (SSSR count). The SMILES string of the molecule is CC(C)NCC(=O)N(C)c1cccc(O)c1. The first-order valence-corrected chi connectivity index (χ1v) is 5.29. The van der Waals surface area contributed by atoms with Crippen molar-refractivity contribution in [2.75, 3.05) is 18.5 Å². The molecular weight excluding hydrogens is 204 g/mol. The van der Waals surface area contributed by atoms with Crippen LogP contribution in [0.5, 0.6) is 5.75 Å². The van der Waals surface area contributed by atoms with Crippen LogP contribution in [0.15, 0.2) is 24.3 Å². The molecule has 1 aromatic carbocycles. The third-order valence-corrected chi connectivity index (χ3v) is 2.25. The van der Waals surface area contributed by atoms with Gasteiger partial charge >= 0.3 is 0 Å². The van der Waals surface area contributed by atoms with Gasteiger partial charge in [-0.1, -0.05) is 19.9 Å². The number of nitrogens with zero attached hydrogens (tertiary/aromatic N) is 1. The molecule has 1 aromatic rings. The van der Waals surface area contributed by atoms with Crippen molar-refractivity contribution in [2.45, 2.75) is 19.9 Å². The molecule has 0 aromatic heterocycles. The van der Waals surface area contributed by atoms with E-state index >= 15 is 0 Å².